The first-order valence-corrected chi connectivity index (χ1v) is 9.32. The van der Waals surface area contributed by atoms with Gasteiger partial charge in [0.05, 0.1) is 5.56 Å². The van der Waals surface area contributed by atoms with Crippen molar-refractivity contribution in [3.63, 3.8) is 0 Å². The molecule has 0 fully saturated rings. The van der Waals surface area contributed by atoms with Crippen LogP contribution >= 0.6 is 11.6 Å². The van der Waals surface area contributed by atoms with Gasteiger partial charge in [-0.2, -0.15) is 5.26 Å². The van der Waals surface area contributed by atoms with Gasteiger partial charge in [-0.05, 0) is 49.8 Å². The molecule has 158 valence electrons. The van der Waals surface area contributed by atoms with Gasteiger partial charge in [-0.25, -0.2) is 9.59 Å². The van der Waals surface area contributed by atoms with Crippen LogP contribution in [-0.2, 0) is 22.6 Å². The molecule has 2 rings (SSSR count). The van der Waals surface area contributed by atoms with Gasteiger partial charge in [0, 0.05) is 29.8 Å². The van der Waals surface area contributed by atoms with Crippen LogP contribution in [-0.4, -0.2) is 41.1 Å². The molecule has 0 saturated carbocycles. The zero-order chi connectivity index (χ0) is 22.7. The van der Waals surface area contributed by atoms with Crippen LogP contribution in [0.25, 0.3) is 0 Å². The number of nitrogens with zero attached hydrogens (tertiary/aromatic N) is 2. The molecule has 0 heterocycles. The quantitative estimate of drug-likeness (QED) is 0.628. The molecule has 0 aromatic heterocycles. The van der Waals surface area contributed by atoms with Crippen molar-refractivity contribution in [1.29, 1.82) is 5.26 Å². The maximum Gasteiger partial charge on any atom is 0.328 e. The number of rotatable bonds is 7. The van der Waals surface area contributed by atoms with E-state index in [-0.39, 0.29) is 0 Å². The summed E-state index contributed by atoms with van der Waals surface area (Å²) in [4.78, 5) is 21.2. The predicted octanol–water partition coefficient (Wildman–Crippen LogP) is 4.34. The first kappa shape index (κ1) is 24.7. The lowest BCUT2D eigenvalue weighted by atomic mass is 10.0. The van der Waals surface area contributed by atoms with E-state index in [4.69, 9.17) is 26.6 Å². The number of hydrogen-bond donors (Lipinski definition) is 2. The molecule has 2 aromatic carbocycles. The molecule has 0 saturated heterocycles. The number of carboxylic acids is 2. The third kappa shape index (κ3) is 8.35. The summed E-state index contributed by atoms with van der Waals surface area (Å²) in [6, 6.07) is 13.2. The number of carbonyl (C=O) groups is 2. The van der Waals surface area contributed by atoms with Crippen molar-refractivity contribution in [3.8, 4) is 17.6 Å². The molecule has 8 heteroatoms. The van der Waals surface area contributed by atoms with Crippen LogP contribution in [0.2, 0.25) is 5.02 Å². The molecule has 7 nitrogen and oxygen atoms in total. The van der Waals surface area contributed by atoms with Gasteiger partial charge in [0.2, 0.25) is 0 Å². The molecule has 0 radical (unpaired) electrons. The second-order valence-corrected chi connectivity index (χ2v) is 6.79. The third-order valence-corrected chi connectivity index (χ3v) is 3.96. The van der Waals surface area contributed by atoms with Crippen LogP contribution in [0.4, 0.5) is 0 Å². The van der Waals surface area contributed by atoms with Crippen LogP contribution in [0, 0.1) is 11.3 Å². The van der Waals surface area contributed by atoms with Gasteiger partial charge in [-0.3, -0.25) is 0 Å². The fraction of sp³-hybridized carbons (Fsp3) is 0.227. The molecular weight excluding hydrogens is 408 g/mol. The number of halogens is 1. The van der Waals surface area contributed by atoms with E-state index in [2.05, 4.69) is 24.0 Å². The Kier molecular flexibility index (Phi) is 10.1. The number of carboxylic acid groups (broad SMARTS) is 2. The summed E-state index contributed by atoms with van der Waals surface area (Å²) in [5.41, 5.74) is 2.86. The third-order valence-electron chi connectivity index (χ3n) is 3.72. The van der Waals surface area contributed by atoms with Crippen LogP contribution < -0.4 is 4.74 Å². The van der Waals surface area contributed by atoms with E-state index in [1.54, 1.807) is 18.2 Å². The van der Waals surface area contributed by atoms with E-state index < -0.39 is 11.9 Å². The molecule has 0 aliphatic heterocycles. The van der Waals surface area contributed by atoms with E-state index in [0.717, 1.165) is 24.3 Å². The number of hydrogen-bond acceptors (Lipinski definition) is 5. The average molecular weight is 431 g/mol. The van der Waals surface area contributed by atoms with E-state index in [1.807, 2.05) is 26.2 Å². The highest BCUT2D eigenvalue weighted by Crippen LogP contribution is 2.32. The highest BCUT2D eigenvalue weighted by atomic mass is 35.5. The van der Waals surface area contributed by atoms with Gasteiger partial charge in [-0.1, -0.05) is 30.7 Å². The minimum absolute atomic E-state index is 0.476. The summed E-state index contributed by atoms with van der Waals surface area (Å²) in [6.07, 6.45) is 1.98. The summed E-state index contributed by atoms with van der Waals surface area (Å²) in [5, 5.41) is 25.4. The van der Waals surface area contributed by atoms with Crippen LogP contribution in [0.15, 0.2) is 48.6 Å². The van der Waals surface area contributed by atoms with Crippen molar-refractivity contribution >= 4 is 23.5 Å². The van der Waals surface area contributed by atoms with E-state index >= 15 is 0 Å². The minimum atomic E-state index is -1.26. The molecule has 2 aromatic rings. The number of ether oxygens (including phenoxy) is 1. The van der Waals surface area contributed by atoms with Gasteiger partial charge in [0.15, 0.2) is 0 Å². The van der Waals surface area contributed by atoms with Crippen LogP contribution in [0.1, 0.15) is 23.6 Å². The van der Waals surface area contributed by atoms with Crippen LogP contribution in [0.3, 0.4) is 0 Å². The lowest BCUT2D eigenvalue weighted by Crippen LogP contribution is -2.12. The van der Waals surface area contributed by atoms with Crippen molar-refractivity contribution in [2.24, 2.45) is 0 Å². The molecule has 0 atom stereocenters. The summed E-state index contributed by atoms with van der Waals surface area (Å²) < 4.78 is 6.00. The topological polar surface area (TPSA) is 111 Å². The largest absolute Gasteiger partial charge is 0.478 e. The Hall–Kier alpha value is -3.34. The molecule has 0 amide bonds. The van der Waals surface area contributed by atoms with E-state index in [9.17, 15) is 14.9 Å². The monoisotopic (exact) mass is 430 g/mol. The molecule has 0 aliphatic carbocycles. The molecule has 0 spiro atoms. The highest BCUT2D eigenvalue weighted by Gasteiger charge is 2.12. The Morgan fingerprint density at radius 1 is 1.13 bits per heavy atom. The van der Waals surface area contributed by atoms with Crippen molar-refractivity contribution in [2.75, 3.05) is 14.1 Å². The molecule has 0 aliphatic rings. The Bertz CT molecular complexity index is 948. The second-order valence-electron chi connectivity index (χ2n) is 6.35. The lowest BCUT2D eigenvalue weighted by molar-refractivity contribution is -0.134. The molecule has 0 unspecified atom stereocenters. The fourth-order valence-corrected chi connectivity index (χ4v) is 2.69. The van der Waals surface area contributed by atoms with Gasteiger partial charge >= 0.3 is 11.9 Å². The first-order chi connectivity index (χ1) is 14.2. The van der Waals surface area contributed by atoms with Crippen molar-refractivity contribution < 1.29 is 24.5 Å². The second kappa shape index (κ2) is 12.3. The smallest absolute Gasteiger partial charge is 0.328 e. The number of nitriles is 1. The summed E-state index contributed by atoms with van der Waals surface area (Å²) in [6.45, 7) is 2.95. The van der Waals surface area contributed by atoms with Crippen molar-refractivity contribution in [2.45, 2.75) is 19.9 Å². The molecule has 30 heavy (non-hydrogen) atoms. The minimum Gasteiger partial charge on any atom is -0.478 e. The highest BCUT2D eigenvalue weighted by molar-refractivity contribution is 6.30. The van der Waals surface area contributed by atoms with Gasteiger partial charge in [0.25, 0.3) is 0 Å². The normalized spacial score (nSPS) is 10.3. The maximum absolute atomic E-state index is 9.55. The standard InChI is InChI=1S/C18H19ClN2O.C4H4O4/c1-4-16-14(12-21(2)3)6-5-7-17(16)22-18-10-15(19)9-8-13(18)11-20;5-3(6)1-2-4(7)8/h5-10H,4,12H2,1-3H3;1-2H,(H,5,6)(H,7,8). The Balaban J connectivity index is 0.000000479. The predicted molar refractivity (Wildman–Crippen MR) is 114 cm³/mol. The molecule has 2 N–H and O–H groups in total. The molecule has 0 bridgehead atoms. The lowest BCUT2D eigenvalue weighted by Gasteiger charge is -2.17. The SMILES string of the molecule is CCc1c(CN(C)C)cccc1Oc1cc(Cl)ccc1C#N.O=C(O)C=CC(=O)O. The Morgan fingerprint density at radius 2 is 1.77 bits per heavy atom. The fourth-order valence-electron chi connectivity index (χ4n) is 2.53. The van der Waals surface area contributed by atoms with Crippen LogP contribution in [0.5, 0.6) is 11.5 Å². The Morgan fingerprint density at radius 3 is 2.27 bits per heavy atom. The average Bonchev–Trinajstić information content (AvgIpc) is 2.67. The zero-order valence-electron chi connectivity index (χ0n) is 16.9. The summed E-state index contributed by atoms with van der Waals surface area (Å²) >= 11 is 6.02. The number of aliphatic carboxylic acids is 2. The molecular formula is C22H23ClN2O5. The summed E-state index contributed by atoms with van der Waals surface area (Å²) in [5.74, 6) is -1.24. The summed E-state index contributed by atoms with van der Waals surface area (Å²) in [7, 11) is 4.08. The van der Waals surface area contributed by atoms with Crippen molar-refractivity contribution in [3.05, 3.63) is 70.3 Å². The number of benzene rings is 2. The van der Waals surface area contributed by atoms with Gasteiger partial charge in [0.1, 0.15) is 17.6 Å². The van der Waals surface area contributed by atoms with Gasteiger partial charge in [-0.15, -0.1) is 0 Å². The zero-order valence-corrected chi connectivity index (χ0v) is 17.7. The van der Waals surface area contributed by atoms with Crippen molar-refractivity contribution in [1.82, 2.24) is 4.90 Å². The van der Waals surface area contributed by atoms with E-state index in [1.165, 1.54) is 5.56 Å². The Labute approximate surface area is 180 Å². The van der Waals surface area contributed by atoms with E-state index in [0.29, 0.717) is 28.5 Å². The maximum atomic E-state index is 9.55. The first-order valence-electron chi connectivity index (χ1n) is 8.94. The van der Waals surface area contributed by atoms with Gasteiger partial charge < -0.3 is 19.8 Å².